The molecule has 1 heterocycles. The van der Waals surface area contributed by atoms with Crippen LogP contribution in [0.3, 0.4) is 0 Å². The molecule has 1 aliphatic carbocycles. The van der Waals surface area contributed by atoms with Crippen molar-refractivity contribution in [2.24, 2.45) is 5.41 Å². The second kappa shape index (κ2) is 9.53. The van der Waals surface area contributed by atoms with Gasteiger partial charge in [0.05, 0.1) is 5.41 Å². The predicted molar refractivity (Wildman–Crippen MR) is 120 cm³/mol. The minimum atomic E-state index is -0.698. The molecule has 9 heteroatoms. The van der Waals surface area contributed by atoms with Gasteiger partial charge in [0.2, 0.25) is 5.91 Å². The number of esters is 1. The predicted octanol–water partition coefficient (Wildman–Crippen LogP) is 3.74. The average Bonchev–Trinajstić information content (AvgIpc) is 2.68. The third-order valence-electron chi connectivity index (χ3n) is 4.15. The number of hydrogen-bond donors (Lipinski definition) is 1. The van der Waals surface area contributed by atoms with Crippen LogP contribution in [0, 0.1) is 5.41 Å². The van der Waals surface area contributed by atoms with Crippen molar-refractivity contribution in [3.8, 4) is 17.2 Å². The van der Waals surface area contributed by atoms with E-state index >= 15 is 0 Å². The third kappa shape index (κ3) is 5.76. The van der Waals surface area contributed by atoms with Gasteiger partial charge in [-0.25, -0.2) is 4.98 Å². The highest BCUT2D eigenvalue weighted by molar-refractivity contribution is 8.76. The van der Waals surface area contributed by atoms with Crippen LogP contribution in [0.2, 0.25) is 0 Å². The van der Waals surface area contributed by atoms with Crippen LogP contribution in [0.1, 0.15) is 20.8 Å². The number of nitrogens with zero attached hydrogens (tertiary/aromatic N) is 1. The van der Waals surface area contributed by atoms with Crippen molar-refractivity contribution in [1.29, 1.82) is 0 Å². The topological polar surface area (TPSA) is 98.5 Å². The Morgan fingerprint density at radius 1 is 1.17 bits per heavy atom. The Hall–Kier alpha value is -2.52. The first-order chi connectivity index (χ1) is 14.2. The fourth-order valence-corrected chi connectivity index (χ4v) is 5.01. The Bertz CT molecular complexity index is 1100. The molecule has 0 spiro atoms. The van der Waals surface area contributed by atoms with E-state index in [-0.39, 0.29) is 17.3 Å². The number of fused-ring (bicyclic) bond motifs is 2. The molecular weight excluding hydrogens is 424 g/mol. The van der Waals surface area contributed by atoms with Crippen LogP contribution in [0.4, 0.5) is 0 Å². The molecule has 0 fully saturated rings. The second-order valence-corrected chi connectivity index (χ2v) is 9.90. The van der Waals surface area contributed by atoms with E-state index < -0.39 is 5.41 Å². The van der Waals surface area contributed by atoms with Crippen molar-refractivity contribution in [3.63, 3.8) is 0 Å². The molecule has 1 aromatic rings. The van der Waals surface area contributed by atoms with E-state index in [1.165, 1.54) is 19.1 Å². The van der Waals surface area contributed by atoms with Gasteiger partial charge < -0.3 is 14.5 Å². The zero-order valence-electron chi connectivity index (χ0n) is 16.9. The highest BCUT2D eigenvalue weighted by Gasteiger charge is 2.30. The molecular formula is C21H22N2O5S2. The van der Waals surface area contributed by atoms with Gasteiger partial charge in [-0.3, -0.25) is 14.4 Å². The number of amides is 1. The number of benzene rings is 2. The first-order valence-corrected chi connectivity index (χ1v) is 11.8. The first kappa shape index (κ1) is 22.2. The first-order valence-electron chi connectivity index (χ1n) is 9.30. The Morgan fingerprint density at radius 3 is 2.73 bits per heavy atom. The SMILES string of the molecule is CC(=O)NCCSSCC(C)(C)C(=O)Oc1ccc2nc3ccc(=O)cc-3oc2c1. The van der Waals surface area contributed by atoms with Crippen LogP contribution in [0.15, 0.2) is 45.6 Å². The average molecular weight is 447 g/mol. The summed E-state index contributed by atoms with van der Waals surface area (Å²) in [4.78, 5) is 39.5. The van der Waals surface area contributed by atoms with E-state index in [9.17, 15) is 14.4 Å². The maximum Gasteiger partial charge on any atom is 0.317 e. The minimum Gasteiger partial charge on any atom is -0.453 e. The van der Waals surface area contributed by atoms with Gasteiger partial charge in [-0.15, -0.1) is 0 Å². The van der Waals surface area contributed by atoms with Crippen molar-refractivity contribution in [2.45, 2.75) is 20.8 Å². The van der Waals surface area contributed by atoms with Crippen molar-refractivity contribution in [1.82, 2.24) is 10.3 Å². The standard InChI is InChI=1S/C21H22N2O5S2/c1-13(24)22-8-9-29-30-12-21(2,3)20(26)27-15-5-7-17-19(11-15)28-18-10-14(25)4-6-16(18)23-17/h4-7,10-11H,8-9,12H2,1-3H3,(H,22,24). The molecule has 0 atom stereocenters. The van der Waals surface area contributed by atoms with Gasteiger partial charge in [-0.05, 0) is 38.1 Å². The summed E-state index contributed by atoms with van der Waals surface area (Å²) in [6.07, 6.45) is 0. The molecule has 1 N–H and O–H groups in total. The molecule has 0 saturated heterocycles. The Balaban J connectivity index is 1.63. The summed E-state index contributed by atoms with van der Waals surface area (Å²) in [6.45, 7) is 5.73. The zero-order chi connectivity index (χ0) is 21.7. The number of carbonyl (C=O) groups is 2. The Labute approximate surface area is 181 Å². The smallest absolute Gasteiger partial charge is 0.317 e. The van der Waals surface area contributed by atoms with Gasteiger partial charge in [-0.2, -0.15) is 0 Å². The molecule has 1 aromatic carbocycles. The molecule has 30 heavy (non-hydrogen) atoms. The summed E-state index contributed by atoms with van der Waals surface area (Å²) in [5, 5.41) is 2.73. The fourth-order valence-electron chi connectivity index (χ4n) is 2.47. The van der Waals surface area contributed by atoms with Crippen molar-refractivity contribution < 1.29 is 18.7 Å². The molecule has 0 aromatic heterocycles. The van der Waals surface area contributed by atoms with Crippen LogP contribution in [-0.2, 0) is 9.59 Å². The normalized spacial score (nSPS) is 11.6. The van der Waals surface area contributed by atoms with E-state index in [0.717, 1.165) is 5.75 Å². The second-order valence-electron chi connectivity index (χ2n) is 7.31. The van der Waals surface area contributed by atoms with E-state index in [1.807, 2.05) is 13.8 Å². The van der Waals surface area contributed by atoms with E-state index in [4.69, 9.17) is 9.15 Å². The van der Waals surface area contributed by atoms with Crippen molar-refractivity contribution in [2.75, 3.05) is 18.1 Å². The number of ether oxygens (including phenoxy) is 1. The van der Waals surface area contributed by atoms with Crippen LogP contribution in [-0.4, -0.2) is 34.9 Å². The molecule has 1 amide bonds. The van der Waals surface area contributed by atoms with Crippen LogP contribution >= 0.6 is 21.6 Å². The van der Waals surface area contributed by atoms with Crippen molar-refractivity contribution >= 4 is 44.6 Å². The highest BCUT2D eigenvalue weighted by Crippen LogP contribution is 2.32. The van der Waals surface area contributed by atoms with Crippen LogP contribution in [0.25, 0.3) is 22.6 Å². The van der Waals surface area contributed by atoms with Gasteiger partial charge in [0.15, 0.2) is 16.8 Å². The van der Waals surface area contributed by atoms with Crippen LogP contribution < -0.4 is 15.5 Å². The third-order valence-corrected chi connectivity index (χ3v) is 6.88. The number of aromatic nitrogens is 1. The summed E-state index contributed by atoms with van der Waals surface area (Å²) in [5.74, 6) is 1.65. The lowest BCUT2D eigenvalue weighted by Crippen LogP contribution is -2.31. The molecule has 3 rings (SSSR count). The Kier molecular flexibility index (Phi) is 7.04. The van der Waals surface area contributed by atoms with Gasteiger partial charge in [0.25, 0.3) is 0 Å². The summed E-state index contributed by atoms with van der Waals surface area (Å²) in [7, 11) is 3.16. The number of nitrogens with one attached hydrogen (secondary N) is 1. The largest absolute Gasteiger partial charge is 0.453 e. The maximum atomic E-state index is 12.6. The molecule has 0 saturated carbocycles. The van der Waals surface area contributed by atoms with Gasteiger partial charge in [0.1, 0.15) is 17.0 Å². The summed E-state index contributed by atoms with van der Waals surface area (Å²) < 4.78 is 11.3. The monoisotopic (exact) mass is 446 g/mol. The molecule has 0 radical (unpaired) electrons. The molecule has 2 aliphatic rings. The summed E-state index contributed by atoms with van der Waals surface area (Å²) >= 11 is 0. The Morgan fingerprint density at radius 2 is 1.97 bits per heavy atom. The lowest BCUT2D eigenvalue weighted by atomic mass is 9.97. The quantitative estimate of drug-likeness (QED) is 0.184. The lowest BCUT2D eigenvalue weighted by Gasteiger charge is -2.21. The number of carbonyl (C=O) groups excluding carboxylic acids is 2. The fraction of sp³-hybridized carbons (Fsp3) is 0.333. The maximum absolute atomic E-state index is 12.6. The molecule has 7 nitrogen and oxygen atoms in total. The van der Waals surface area contributed by atoms with Gasteiger partial charge in [0, 0.05) is 37.1 Å². The molecule has 0 unspecified atom stereocenters. The molecule has 1 aliphatic heterocycles. The van der Waals surface area contributed by atoms with E-state index in [2.05, 4.69) is 10.3 Å². The van der Waals surface area contributed by atoms with Crippen molar-refractivity contribution in [3.05, 3.63) is 46.6 Å². The number of rotatable bonds is 8. The lowest BCUT2D eigenvalue weighted by molar-refractivity contribution is -0.142. The zero-order valence-corrected chi connectivity index (χ0v) is 18.5. The van der Waals surface area contributed by atoms with E-state index in [1.54, 1.807) is 45.9 Å². The minimum absolute atomic E-state index is 0.0525. The number of hydrogen-bond acceptors (Lipinski definition) is 8. The molecule has 158 valence electrons. The van der Waals surface area contributed by atoms with E-state index in [0.29, 0.717) is 40.6 Å². The van der Waals surface area contributed by atoms with Gasteiger partial charge in [-0.1, -0.05) is 21.6 Å². The van der Waals surface area contributed by atoms with Crippen LogP contribution in [0.5, 0.6) is 5.75 Å². The summed E-state index contributed by atoms with van der Waals surface area (Å²) in [5.41, 5.74) is 0.757. The highest BCUT2D eigenvalue weighted by atomic mass is 33.1. The van der Waals surface area contributed by atoms with Gasteiger partial charge >= 0.3 is 5.97 Å². The summed E-state index contributed by atoms with van der Waals surface area (Å²) in [6, 6.07) is 9.41. The molecule has 0 bridgehead atoms.